The van der Waals surface area contributed by atoms with Crippen LogP contribution < -0.4 is 4.74 Å². The van der Waals surface area contributed by atoms with Crippen molar-refractivity contribution in [3.05, 3.63) is 35.9 Å². The van der Waals surface area contributed by atoms with E-state index in [1.165, 1.54) is 0 Å². The van der Waals surface area contributed by atoms with Gasteiger partial charge < -0.3 is 14.7 Å². The summed E-state index contributed by atoms with van der Waals surface area (Å²) in [6.45, 7) is 4.19. The number of carbonyl (C=O) groups is 1. The third kappa shape index (κ3) is 4.60. The molecule has 0 aliphatic carbocycles. The zero-order valence-electron chi connectivity index (χ0n) is 12.5. The number of rotatable bonds is 5. The van der Waals surface area contributed by atoms with Gasteiger partial charge in [-0.1, -0.05) is 12.1 Å². The predicted molar refractivity (Wildman–Crippen MR) is 83.0 cm³/mol. The number of carbonyl (C=O) groups excluding carboxylic acids is 1. The number of benzene rings is 1. The van der Waals surface area contributed by atoms with Crippen molar-refractivity contribution in [1.82, 2.24) is 4.90 Å². The van der Waals surface area contributed by atoms with Gasteiger partial charge >= 0.3 is 0 Å². The van der Waals surface area contributed by atoms with Gasteiger partial charge in [-0.2, -0.15) is 0 Å². The van der Waals surface area contributed by atoms with Gasteiger partial charge in [-0.15, -0.1) is 0 Å². The number of piperidine rings is 1. The van der Waals surface area contributed by atoms with E-state index in [1.807, 2.05) is 42.2 Å². The molecule has 1 atom stereocenters. The summed E-state index contributed by atoms with van der Waals surface area (Å²) in [7, 11) is 0. The Morgan fingerprint density at radius 3 is 2.86 bits per heavy atom. The molecule has 0 aromatic heterocycles. The van der Waals surface area contributed by atoms with Crippen LogP contribution in [0.3, 0.4) is 0 Å². The van der Waals surface area contributed by atoms with Gasteiger partial charge in [0.05, 0.1) is 6.61 Å². The largest absolute Gasteiger partial charge is 0.494 e. The zero-order chi connectivity index (χ0) is 15.1. The van der Waals surface area contributed by atoms with Gasteiger partial charge in [-0.3, -0.25) is 4.79 Å². The van der Waals surface area contributed by atoms with E-state index in [-0.39, 0.29) is 18.4 Å². The SMILES string of the molecule is CCOc1ccc(/C=C/C(=O)N2CCCC(CO)C2)cc1. The summed E-state index contributed by atoms with van der Waals surface area (Å²) < 4.78 is 5.38. The van der Waals surface area contributed by atoms with Crippen LogP contribution in [0.2, 0.25) is 0 Å². The summed E-state index contributed by atoms with van der Waals surface area (Å²) in [6.07, 6.45) is 5.40. The second-order valence-electron chi connectivity index (χ2n) is 5.31. The summed E-state index contributed by atoms with van der Waals surface area (Å²) in [5.41, 5.74) is 0.975. The van der Waals surface area contributed by atoms with Crippen LogP contribution in [-0.2, 0) is 4.79 Å². The van der Waals surface area contributed by atoms with Crippen LogP contribution in [0.15, 0.2) is 30.3 Å². The number of hydrogen-bond acceptors (Lipinski definition) is 3. The maximum Gasteiger partial charge on any atom is 0.246 e. The smallest absolute Gasteiger partial charge is 0.246 e. The molecule has 1 fully saturated rings. The molecule has 1 saturated heterocycles. The van der Waals surface area contributed by atoms with E-state index in [0.29, 0.717) is 13.2 Å². The van der Waals surface area contributed by atoms with Crippen molar-refractivity contribution in [2.75, 3.05) is 26.3 Å². The molecule has 1 aromatic rings. The van der Waals surface area contributed by atoms with Crippen LogP contribution in [0, 0.1) is 5.92 Å². The van der Waals surface area contributed by atoms with Gasteiger partial charge in [0.25, 0.3) is 0 Å². The third-order valence-corrected chi connectivity index (χ3v) is 3.70. The summed E-state index contributed by atoms with van der Waals surface area (Å²) in [6, 6.07) is 7.66. The molecule has 2 rings (SSSR count). The minimum absolute atomic E-state index is 0.0158. The lowest BCUT2D eigenvalue weighted by Crippen LogP contribution is -2.40. The fraction of sp³-hybridized carbons (Fsp3) is 0.471. The van der Waals surface area contributed by atoms with Crippen LogP contribution in [0.1, 0.15) is 25.3 Å². The Bertz CT molecular complexity index is 481. The molecule has 1 aromatic carbocycles. The number of amides is 1. The number of hydrogen-bond donors (Lipinski definition) is 1. The van der Waals surface area contributed by atoms with Gasteiger partial charge in [-0.05, 0) is 49.5 Å². The lowest BCUT2D eigenvalue weighted by Gasteiger charge is -2.31. The molecule has 1 amide bonds. The van der Waals surface area contributed by atoms with E-state index < -0.39 is 0 Å². The molecule has 21 heavy (non-hydrogen) atoms. The highest BCUT2D eigenvalue weighted by molar-refractivity contribution is 5.91. The van der Waals surface area contributed by atoms with Crippen LogP contribution >= 0.6 is 0 Å². The standard InChI is InChI=1S/C17H23NO3/c1-2-21-16-8-5-14(6-9-16)7-10-17(20)18-11-3-4-15(12-18)13-19/h5-10,15,19H,2-4,11-13H2,1H3/b10-7+. The molecule has 114 valence electrons. The average molecular weight is 289 g/mol. The van der Waals surface area contributed by atoms with Gasteiger partial charge in [0, 0.05) is 25.8 Å². The molecule has 1 aliphatic heterocycles. The van der Waals surface area contributed by atoms with Gasteiger partial charge in [-0.25, -0.2) is 0 Å². The second kappa shape index (κ2) is 7.84. The predicted octanol–water partition coefficient (Wildman–Crippen LogP) is 2.33. The number of aliphatic hydroxyl groups is 1. The van der Waals surface area contributed by atoms with Gasteiger partial charge in [0.15, 0.2) is 0 Å². The quantitative estimate of drug-likeness (QED) is 0.846. The third-order valence-electron chi connectivity index (χ3n) is 3.70. The monoisotopic (exact) mass is 289 g/mol. The molecule has 4 heteroatoms. The number of nitrogens with zero attached hydrogens (tertiary/aromatic N) is 1. The fourth-order valence-electron chi connectivity index (χ4n) is 2.53. The summed E-state index contributed by atoms with van der Waals surface area (Å²) in [5, 5.41) is 9.20. The van der Waals surface area contributed by atoms with Crippen LogP contribution in [0.5, 0.6) is 5.75 Å². The lowest BCUT2D eigenvalue weighted by atomic mass is 9.99. The molecule has 1 aliphatic rings. The molecule has 1 heterocycles. The molecule has 1 unspecified atom stereocenters. The Kier molecular flexibility index (Phi) is 5.81. The number of likely N-dealkylation sites (tertiary alicyclic amines) is 1. The van der Waals surface area contributed by atoms with E-state index in [9.17, 15) is 9.90 Å². The molecular weight excluding hydrogens is 266 g/mol. The normalized spacial score (nSPS) is 19.0. The van der Waals surface area contributed by atoms with Crippen LogP contribution in [-0.4, -0.2) is 42.2 Å². The Morgan fingerprint density at radius 2 is 2.19 bits per heavy atom. The fourth-order valence-corrected chi connectivity index (χ4v) is 2.53. The second-order valence-corrected chi connectivity index (χ2v) is 5.31. The molecular formula is C17H23NO3. The Balaban J connectivity index is 1.92. The molecule has 4 nitrogen and oxygen atoms in total. The van der Waals surface area contributed by atoms with Crippen molar-refractivity contribution in [3.63, 3.8) is 0 Å². The highest BCUT2D eigenvalue weighted by atomic mass is 16.5. The van der Waals surface area contributed by atoms with Gasteiger partial charge in [0.1, 0.15) is 5.75 Å². The Hall–Kier alpha value is -1.81. The first-order valence-electron chi connectivity index (χ1n) is 7.53. The lowest BCUT2D eigenvalue weighted by molar-refractivity contribution is -0.127. The molecule has 0 radical (unpaired) electrons. The van der Waals surface area contributed by atoms with Gasteiger partial charge in [0.2, 0.25) is 5.91 Å². The first kappa shape index (κ1) is 15.6. The Morgan fingerprint density at radius 1 is 1.43 bits per heavy atom. The van der Waals surface area contributed by atoms with E-state index in [2.05, 4.69) is 0 Å². The minimum atomic E-state index is 0.0158. The van der Waals surface area contributed by atoms with Crippen LogP contribution in [0.25, 0.3) is 6.08 Å². The minimum Gasteiger partial charge on any atom is -0.494 e. The van der Waals surface area contributed by atoms with Crippen molar-refractivity contribution in [2.24, 2.45) is 5.92 Å². The zero-order valence-corrected chi connectivity index (χ0v) is 12.5. The van der Waals surface area contributed by atoms with Crippen LogP contribution in [0.4, 0.5) is 0 Å². The summed E-state index contributed by atoms with van der Waals surface area (Å²) in [4.78, 5) is 14.0. The molecule has 0 spiro atoms. The molecule has 0 bridgehead atoms. The van der Waals surface area contributed by atoms with Crippen molar-refractivity contribution in [2.45, 2.75) is 19.8 Å². The van der Waals surface area contributed by atoms with E-state index in [0.717, 1.165) is 30.7 Å². The first-order valence-corrected chi connectivity index (χ1v) is 7.53. The van der Waals surface area contributed by atoms with E-state index in [4.69, 9.17) is 4.74 Å². The van der Waals surface area contributed by atoms with E-state index in [1.54, 1.807) is 6.08 Å². The highest BCUT2D eigenvalue weighted by Gasteiger charge is 2.21. The van der Waals surface area contributed by atoms with E-state index >= 15 is 0 Å². The summed E-state index contributed by atoms with van der Waals surface area (Å²) >= 11 is 0. The number of ether oxygens (including phenoxy) is 1. The van der Waals surface area contributed by atoms with Crippen molar-refractivity contribution < 1.29 is 14.6 Å². The first-order chi connectivity index (χ1) is 10.2. The molecule has 1 N–H and O–H groups in total. The average Bonchev–Trinajstić information content (AvgIpc) is 2.54. The highest BCUT2D eigenvalue weighted by Crippen LogP contribution is 2.17. The topological polar surface area (TPSA) is 49.8 Å². The Labute approximate surface area is 126 Å². The number of aliphatic hydroxyl groups excluding tert-OH is 1. The van der Waals surface area contributed by atoms with Crippen molar-refractivity contribution >= 4 is 12.0 Å². The van der Waals surface area contributed by atoms with Crippen molar-refractivity contribution in [1.29, 1.82) is 0 Å². The maximum atomic E-state index is 12.1. The van der Waals surface area contributed by atoms with Crippen molar-refractivity contribution in [3.8, 4) is 5.75 Å². The maximum absolute atomic E-state index is 12.1. The summed E-state index contributed by atoms with van der Waals surface area (Å²) in [5.74, 6) is 1.08. The molecule has 0 saturated carbocycles.